The number of nitriles is 1. The van der Waals surface area contributed by atoms with Crippen molar-refractivity contribution in [2.24, 2.45) is 16.6 Å². The molecule has 2 aromatic carbocycles. The molecule has 11 heteroatoms. The summed E-state index contributed by atoms with van der Waals surface area (Å²) in [5.41, 5.74) is 11.5. The fourth-order valence-corrected chi connectivity index (χ4v) is 1.90. The van der Waals surface area contributed by atoms with Gasteiger partial charge in [0.05, 0.1) is 21.5 Å². The molecule has 0 bridgehead atoms. The Balaban J connectivity index is 0.000000483. The van der Waals surface area contributed by atoms with Crippen molar-refractivity contribution >= 4 is 17.2 Å². The number of nitro benzene ring substituents is 2. The smallest absolute Gasteiger partial charge is 0.273 e. The summed E-state index contributed by atoms with van der Waals surface area (Å²) in [6.07, 6.45) is 0. The SMILES string of the molecule is CN.Cc1ccc(/C(N)=N/O)cc1[N+](=O)[O-].Cc1ccc(C#N)cc1[N+](=O)[O-]. The molecule has 11 nitrogen and oxygen atoms in total. The Hall–Kier alpha value is -4.04. The number of hydrogen-bond donors (Lipinski definition) is 3. The first kappa shape index (κ1) is 24.0. The average molecular weight is 388 g/mol. The predicted octanol–water partition coefficient (Wildman–Crippen LogP) is 2.35. The number of hydrogen-bond acceptors (Lipinski definition) is 8. The molecule has 0 aromatic heterocycles. The van der Waals surface area contributed by atoms with Crippen LogP contribution in [-0.2, 0) is 0 Å². The van der Waals surface area contributed by atoms with Crippen LogP contribution in [0.3, 0.4) is 0 Å². The van der Waals surface area contributed by atoms with Gasteiger partial charge in [0.1, 0.15) is 0 Å². The molecular weight excluding hydrogens is 368 g/mol. The van der Waals surface area contributed by atoms with Crippen molar-refractivity contribution in [3.05, 3.63) is 78.9 Å². The minimum atomic E-state index is -0.510. The molecule has 0 heterocycles. The van der Waals surface area contributed by atoms with Crippen molar-refractivity contribution < 1.29 is 15.1 Å². The monoisotopic (exact) mass is 388 g/mol. The molecule has 148 valence electrons. The van der Waals surface area contributed by atoms with Crippen LogP contribution in [0.4, 0.5) is 11.4 Å². The Morgan fingerprint density at radius 3 is 1.93 bits per heavy atom. The molecule has 0 aliphatic rings. The van der Waals surface area contributed by atoms with Crippen LogP contribution < -0.4 is 11.5 Å². The molecule has 2 rings (SSSR count). The first-order chi connectivity index (χ1) is 13.2. The van der Waals surface area contributed by atoms with Crippen LogP contribution in [0.15, 0.2) is 41.6 Å². The Morgan fingerprint density at radius 1 is 1.04 bits per heavy atom. The maximum Gasteiger partial charge on any atom is 0.273 e. The molecule has 0 saturated carbocycles. The second-order valence-corrected chi connectivity index (χ2v) is 5.11. The summed E-state index contributed by atoms with van der Waals surface area (Å²) in [6.45, 7) is 3.26. The van der Waals surface area contributed by atoms with Crippen molar-refractivity contribution in [1.82, 2.24) is 0 Å². The molecule has 5 N–H and O–H groups in total. The van der Waals surface area contributed by atoms with Crippen LogP contribution in [0.25, 0.3) is 0 Å². The van der Waals surface area contributed by atoms with Crippen molar-refractivity contribution in [3.63, 3.8) is 0 Å². The van der Waals surface area contributed by atoms with E-state index in [1.54, 1.807) is 38.1 Å². The van der Waals surface area contributed by atoms with Crippen LogP contribution >= 0.6 is 0 Å². The first-order valence-electron chi connectivity index (χ1n) is 7.67. The standard InChI is InChI=1S/C8H9N3O3.C8H6N2O2.CH5N/c1-5-2-3-6(8(9)10-12)4-7(5)11(13)14;1-6-2-3-7(5-9)4-8(6)10(11)12;1-2/h2-4,12H,1H3,(H2,9,10);2-4H,1H3;2H2,1H3. The highest BCUT2D eigenvalue weighted by Crippen LogP contribution is 2.19. The molecule has 0 atom stereocenters. The molecule has 0 amide bonds. The summed E-state index contributed by atoms with van der Waals surface area (Å²) in [5.74, 6) is -0.145. The number of amidine groups is 1. The van der Waals surface area contributed by atoms with Gasteiger partial charge in [-0.1, -0.05) is 23.4 Å². The molecule has 0 saturated heterocycles. The number of nitrogens with zero attached hydrogens (tertiary/aromatic N) is 4. The van der Waals surface area contributed by atoms with Crippen LogP contribution in [0.5, 0.6) is 0 Å². The lowest BCUT2D eigenvalue weighted by Gasteiger charge is -2.00. The zero-order valence-electron chi connectivity index (χ0n) is 15.5. The highest BCUT2D eigenvalue weighted by Gasteiger charge is 2.12. The fourth-order valence-electron chi connectivity index (χ4n) is 1.90. The van der Waals surface area contributed by atoms with E-state index >= 15 is 0 Å². The summed E-state index contributed by atoms with van der Waals surface area (Å²) >= 11 is 0. The Bertz CT molecular complexity index is 921. The van der Waals surface area contributed by atoms with Gasteiger partial charge in [-0.05, 0) is 27.0 Å². The number of oxime groups is 1. The van der Waals surface area contributed by atoms with E-state index in [0.29, 0.717) is 22.3 Å². The zero-order valence-corrected chi connectivity index (χ0v) is 15.5. The van der Waals surface area contributed by atoms with E-state index < -0.39 is 9.85 Å². The number of benzene rings is 2. The van der Waals surface area contributed by atoms with Gasteiger partial charge in [0.2, 0.25) is 0 Å². The lowest BCUT2D eigenvalue weighted by molar-refractivity contribution is -0.385. The molecule has 0 aliphatic heterocycles. The topological polar surface area (TPSA) is 195 Å². The molecule has 28 heavy (non-hydrogen) atoms. The third-order valence-electron chi connectivity index (χ3n) is 3.34. The van der Waals surface area contributed by atoms with Gasteiger partial charge in [-0.2, -0.15) is 5.26 Å². The molecule has 0 radical (unpaired) electrons. The highest BCUT2D eigenvalue weighted by molar-refractivity contribution is 5.97. The summed E-state index contributed by atoms with van der Waals surface area (Å²) < 4.78 is 0. The molecule has 0 aliphatic carbocycles. The third-order valence-corrected chi connectivity index (χ3v) is 3.34. The third kappa shape index (κ3) is 6.70. The van der Waals surface area contributed by atoms with E-state index in [1.807, 2.05) is 6.07 Å². The van der Waals surface area contributed by atoms with E-state index in [4.69, 9.17) is 16.2 Å². The second-order valence-electron chi connectivity index (χ2n) is 5.11. The largest absolute Gasteiger partial charge is 0.409 e. The van der Waals surface area contributed by atoms with Crippen LogP contribution in [0.2, 0.25) is 0 Å². The van der Waals surface area contributed by atoms with Gasteiger partial charge in [-0.3, -0.25) is 20.2 Å². The summed E-state index contributed by atoms with van der Waals surface area (Å²) in [6, 6.07) is 10.6. The predicted molar refractivity (Wildman–Crippen MR) is 103 cm³/mol. The van der Waals surface area contributed by atoms with E-state index in [2.05, 4.69) is 10.9 Å². The maximum absolute atomic E-state index is 10.5. The first-order valence-corrected chi connectivity index (χ1v) is 7.67. The molecular formula is C17H20N6O5. The van der Waals surface area contributed by atoms with Crippen molar-refractivity contribution in [1.29, 1.82) is 5.26 Å². The minimum absolute atomic E-state index is 0.00551. The Morgan fingerprint density at radius 2 is 1.50 bits per heavy atom. The molecule has 2 aromatic rings. The van der Waals surface area contributed by atoms with Crippen LogP contribution in [-0.4, -0.2) is 27.9 Å². The van der Waals surface area contributed by atoms with Crippen LogP contribution in [0, 0.1) is 45.4 Å². The van der Waals surface area contributed by atoms with Gasteiger partial charge >= 0.3 is 0 Å². The Labute approximate surface area is 160 Å². The van der Waals surface area contributed by atoms with Gasteiger partial charge in [0.15, 0.2) is 5.84 Å². The molecule has 0 unspecified atom stereocenters. The lowest BCUT2D eigenvalue weighted by Crippen LogP contribution is -2.13. The van der Waals surface area contributed by atoms with Crippen LogP contribution in [0.1, 0.15) is 22.3 Å². The number of nitro groups is 2. The van der Waals surface area contributed by atoms with Crippen molar-refractivity contribution in [2.75, 3.05) is 7.05 Å². The van der Waals surface area contributed by atoms with E-state index in [0.717, 1.165) is 0 Å². The zero-order chi connectivity index (χ0) is 21.9. The average Bonchev–Trinajstić information content (AvgIpc) is 2.69. The van der Waals surface area contributed by atoms with Gasteiger partial charge in [0, 0.05) is 28.8 Å². The van der Waals surface area contributed by atoms with Gasteiger partial charge in [0.25, 0.3) is 11.4 Å². The molecule has 0 spiro atoms. The van der Waals surface area contributed by atoms with E-state index in [-0.39, 0.29) is 17.2 Å². The highest BCUT2D eigenvalue weighted by atomic mass is 16.6. The second kappa shape index (κ2) is 11.6. The summed E-state index contributed by atoms with van der Waals surface area (Å²) in [5, 5.41) is 40.5. The lowest BCUT2D eigenvalue weighted by atomic mass is 10.1. The number of aryl methyl sites for hydroxylation is 2. The number of nitrogens with two attached hydrogens (primary N) is 2. The van der Waals surface area contributed by atoms with Crippen molar-refractivity contribution in [3.8, 4) is 6.07 Å². The van der Waals surface area contributed by atoms with E-state index in [1.165, 1.54) is 19.2 Å². The van der Waals surface area contributed by atoms with E-state index in [9.17, 15) is 20.2 Å². The van der Waals surface area contributed by atoms with Gasteiger partial charge < -0.3 is 16.7 Å². The summed E-state index contributed by atoms with van der Waals surface area (Å²) in [7, 11) is 1.50. The van der Waals surface area contributed by atoms with Gasteiger partial charge in [-0.25, -0.2) is 0 Å². The quantitative estimate of drug-likeness (QED) is 0.234. The number of rotatable bonds is 3. The molecule has 0 fully saturated rings. The fraction of sp³-hybridized carbons (Fsp3) is 0.176. The van der Waals surface area contributed by atoms with Crippen molar-refractivity contribution in [2.45, 2.75) is 13.8 Å². The Kier molecular flexibility index (Phi) is 9.88. The minimum Gasteiger partial charge on any atom is -0.409 e. The normalized spacial score (nSPS) is 9.75. The van der Waals surface area contributed by atoms with Gasteiger partial charge in [-0.15, -0.1) is 0 Å². The summed E-state index contributed by atoms with van der Waals surface area (Å²) in [4.78, 5) is 19.9. The maximum atomic E-state index is 10.5.